The Morgan fingerprint density at radius 1 is 1.47 bits per heavy atom. The van der Waals surface area contributed by atoms with Gasteiger partial charge in [-0.15, -0.1) is 0 Å². The summed E-state index contributed by atoms with van der Waals surface area (Å²) < 4.78 is 13.3. The third-order valence-electron chi connectivity index (χ3n) is 2.31. The third-order valence-corrected chi connectivity index (χ3v) is 2.49. The summed E-state index contributed by atoms with van der Waals surface area (Å²) in [6.07, 6.45) is 2.55. The number of carbonyl (C=O) groups excluding carboxylic acids is 1. The Labute approximate surface area is 112 Å². The summed E-state index contributed by atoms with van der Waals surface area (Å²) in [5.74, 6) is -1.16. The maximum absolute atomic E-state index is 13.3. The number of hydrogen-bond donors (Lipinski definition) is 2. The fourth-order valence-electron chi connectivity index (χ4n) is 1.41. The summed E-state index contributed by atoms with van der Waals surface area (Å²) in [6.45, 7) is 0.0906. The number of nitrogens with two attached hydrogens (primary N) is 1. The number of halogens is 2. The summed E-state index contributed by atoms with van der Waals surface area (Å²) in [4.78, 5) is 22.2. The average Bonchev–Trinajstić information content (AvgIpc) is 2.37. The van der Waals surface area contributed by atoms with Gasteiger partial charge in [0.15, 0.2) is 0 Å². The molecule has 0 saturated heterocycles. The van der Waals surface area contributed by atoms with Crippen LogP contribution in [0.3, 0.4) is 0 Å². The molecule has 0 aliphatic rings. The standard InChI is InChI=1S/C11H9ClFN5O/c12-11-17-5-7(9(14)19)10(18-11)16-4-6-2-1-3-15-8(6)13/h1-3,5H,4H2,(H2,14,19)(H,16,17,18). The van der Waals surface area contributed by atoms with Crippen LogP contribution in [0.15, 0.2) is 24.5 Å². The largest absolute Gasteiger partial charge is 0.365 e. The molecule has 0 aliphatic heterocycles. The SMILES string of the molecule is NC(=O)c1cnc(Cl)nc1NCc1cccnc1F. The fraction of sp³-hybridized carbons (Fsp3) is 0.0909. The molecular weight excluding hydrogens is 273 g/mol. The van der Waals surface area contributed by atoms with E-state index in [9.17, 15) is 9.18 Å². The van der Waals surface area contributed by atoms with Gasteiger partial charge >= 0.3 is 0 Å². The van der Waals surface area contributed by atoms with Gasteiger partial charge in [-0.2, -0.15) is 9.37 Å². The molecule has 0 aliphatic carbocycles. The van der Waals surface area contributed by atoms with Crippen LogP contribution < -0.4 is 11.1 Å². The molecule has 0 saturated carbocycles. The van der Waals surface area contributed by atoms with E-state index in [1.54, 1.807) is 12.1 Å². The number of carbonyl (C=O) groups is 1. The Bertz CT molecular complexity index is 622. The Balaban J connectivity index is 2.22. The second-order valence-corrected chi connectivity index (χ2v) is 3.91. The normalized spacial score (nSPS) is 10.2. The van der Waals surface area contributed by atoms with Crippen LogP contribution in [0.5, 0.6) is 0 Å². The van der Waals surface area contributed by atoms with E-state index in [0.717, 1.165) is 0 Å². The lowest BCUT2D eigenvalue weighted by molar-refractivity contribution is 0.100. The Hall–Kier alpha value is -2.28. The topological polar surface area (TPSA) is 93.8 Å². The molecule has 6 nitrogen and oxygen atoms in total. The van der Waals surface area contributed by atoms with Crippen LogP contribution in [0, 0.1) is 5.95 Å². The summed E-state index contributed by atoms with van der Waals surface area (Å²) in [6, 6.07) is 3.16. The van der Waals surface area contributed by atoms with Crippen LogP contribution in [0.2, 0.25) is 5.28 Å². The van der Waals surface area contributed by atoms with Crippen molar-refractivity contribution in [3.8, 4) is 0 Å². The molecule has 0 aromatic carbocycles. The second-order valence-electron chi connectivity index (χ2n) is 3.57. The average molecular weight is 282 g/mol. The monoisotopic (exact) mass is 281 g/mol. The lowest BCUT2D eigenvalue weighted by atomic mass is 10.2. The van der Waals surface area contributed by atoms with E-state index in [0.29, 0.717) is 5.56 Å². The van der Waals surface area contributed by atoms with Crippen molar-refractivity contribution in [3.63, 3.8) is 0 Å². The summed E-state index contributed by atoms with van der Waals surface area (Å²) >= 11 is 5.63. The summed E-state index contributed by atoms with van der Waals surface area (Å²) in [5, 5.41) is 2.73. The number of hydrogen-bond acceptors (Lipinski definition) is 5. The molecule has 0 fully saturated rings. The highest BCUT2D eigenvalue weighted by Crippen LogP contribution is 2.15. The Morgan fingerprint density at radius 3 is 2.95 bits per heavy atom. The number of primary amides is 1. The number of amides is 1. The fourth-order valence-corrected chi connectivity index (χ4v) is 1.54. The molecule has 2 aromatic rings. The van der Waals surface area contributed by atoms with Gasteiger partial charge in [-0.3, -0.25) is 4.79 Å². The maximum Gasteiger partial charge on any atom is 0.254 e. The van der Waals surface area contributed by atoms with Gasteiger partial charge in [0.05, 0.1) is 5.56 Å². The van der Waals surface area contributed by atoms with Crippen LogP contribution in [0.4, 0.5) is 10.2 Å². The molecule has 2 rings (SSSR count). The smallest absolute Gasteiger partial charge is 0.254 e. The number of nitrogens with one attached hydrogen (secondary N) is 1. The van der Waals surface area contributed by atoms with Gasteiger partial charge in [-0.05, 0) is 17.7 Å². The number of aromatic nitrogens is 3. The lowest BCUT2D eigenvalue weighted by Crippen LogP contribution is -2.16. The highest BCUT2D eigenvalue weighted by atomic mass is 35.5. The molecule has 2 aromatic heterocycles. The van der Waals surface area contributed by atoms with Gasteiger partial charge in [0.2, 0.25) is 11.2 Å². The second kappa shape index (κ2) is 5.57. The predicted molar refractivity (Wildman–Crippen MR) is 67.1 cm³/mol. The molecule has 2 heterocycles. The zero-order valence-corrected chi connectivity index (χ0v) is 10.4. The third kappa shape index (κ3) is 3.14. The van der Waals surface area contributed by atoms with Gasteiger partial charge in [0.1, 0.15) is 5.82 Å². The van der Waals surface area contributed by atoms with E-state index in [1.165, 1.54) is 12.4 Å². The van der Waals surface area contributed by atoms with E-state index >= 15 is 0 Å². The van der Waals surface area contributed by atoms with Gasteiger partial charge in [-0.25, -0.2) is 9.97 Å². The van der Waals surface area contributed by atoms with Crippen LogP contribution in [0.25, 0.3) is 0 Å². The molecule has 0 atom stereocenters. The molecule has 19 heavy (non-hydrogen) atoms. The lowest BCUT2D eigenvalue weighted by Gasteiger charge is -2.09. The van der Waals surface area contributed by atoms with Crippen LogP contribution in [-0.4, -0.2) is 20.9 Å². The minimum absolute atomic E-state index is 0.0424. The first-order valence-corrected chi connectivity index (χ1v) is 5.61. The Morgan fingerprint density at radius 2 is 2.26 bits per heavy atom. The number of anilines is 1. The molecule has 3 N–H and O–H groups in total. The molecule has 1 amide bonds. The van der Waals surface area contributed by atoms with Crippen LogP contribution in [0.1, 0.15) is 15.9 Å². The maximum atomic E-state index is 13.3. The van der Waals surface area contributed by atoms with Gasteiger partial charge < -0.3 is 11.1 Å². The number of pyridine rings is 1. The van der Waals surface area contributed by atoms with Crippen LogP contribution in [-0.2, 0) is 6.54 Å². The molecule has 0 spiro atoms. The van der Waals surface area contributed by atoms with E-state index in [2.05, 4.69) is 20.3 Å². The van der Waals surface area contributed by atoms with Crippen molar-refractivity contribution in [2.75, 3.05) is 5.32 Å². The molecular formula is C11H9ClFN5O. The van der Waals surface area contributed by atoms with Gasteiger partial charge in [0, 0.05) is 24.5 Å². The van der Waals surface area contributed by atoms with Crippen molar-refractivity contribution >= 4 is 23.3 Å². The summed E-state index contributed by atoms with van der Waals surface area (Å²) in [5.41, 5.74) is 5.58. The van der Waals surface area contributed by atoms with Crippen molar-refractivity contribution in [3.05, 3.63) is 46.9 Å². The molecule has 0 radical (unpaired) electrons. The summed E-state index contributed by atoms with van der Waals surface area (Å²) in [7, 11) is 0. The Kier molecular flexibility index (Phi) is 3.86. The quantitative estimate of drug-likeness (QED) is 0.652. The van der Waals surface area contributed by atoms with Crippen molar-refractivity contribution in [1.82, 2.24) is 15.0 Å². The molecule has 0 bridgehead atoms. The van der Waals surface area contributed by atoms with Crippen molar-refractivity contribution < 1.29 is 9.18 Å². The molecule has 98 valence electrons. The first kappa shape index (κ1) is 13.2. The van der Waals surface area contributed by atoms with Crippen LogP contribution >= 0.6 is 11.6 Å². The first-order chi connectivity index (χ1) is 9.08. The van der Waals surface area contributed by atoms with E-state index < -0.39 is 11.9 Å². The minimum Gasteiger partial charge on any atom is -0.365 e. The predicted octanol–water partition coefficient (Wildman–Crippen LogP) is 1.38. The van der Waals surface area contributed by atoms with Gasteiger partial charge in [0.25, 0.3) is 5.91 Å². The van der Waals surface area contributed by atoms with Gasteiger partial charge in [-0.1, -0.05) is 6.07 Å². The van der Waals surface area contributed by atoms with E-state index in [-0.39, 0.29) is 23.2 Å². The first-order valence-electron chi connectivity index (χ1n) is 5.23. The number of rotatable bonds is 4. The van der Waals surface area contributed by atoms with Crippen molar-refractivity contribution in [2.45, 2.75) is 6.54 Å². The minimum atomic E-state index is -0.703. The van der Waals surface area contributed by atoms with E-state index in [4.69, 9.17) is 17.3 Å². The van der Waals surface area contributed by atoms with E-state index in [1.807, 2.05) is 0 Å². The zero-order chi connectivity index (χ0) is 13.8. The molecule has 0 unspecified atom stereocenters. The highest BCUT2D eigenvalue weighted by molar-refractivity contribution is 6.28. The molecule has 8 heteroatoms. The highest BCUT2D eigenvalue weighted by Gasteiger charge is 2.12. The van der Waals surface area contributed by atoms with Crippen molar-refractivity contribution in [2.24, 2.45) is 5.73 Å². The van der Waals surface area contributed by atoms with Crippen molar-refractivity contribution in [1.29, 1.82) is 0 Å². The number of nitrogens with zero attached hydrogens (tertiary/aromatic N) is 3. The zero-order valence-electron chi connectivity index (χ0n) is 9.60.